The molecule has 0 aliphatic carbocycles. The van der Waals surface area contributed by atoms with Gasteiger partial charge in [0.25, 0.3) is 5.91 Å². The minimum Gasteiger partial charge on any atom is -0.462 e. The molecule has 3 aromatic rings. The van der Waals surface area contributed by atoms with E-state index in [1.807, 2.05) is 18.2 Å². The van der Waals surface area contributed by atoms with Gasteiger partial charge in [-0.2, -0.15) is 5.10 Å². The van der Waals surface area contributed by atoms with E-state index in [0.717, 1.165) is 16.6 Å². The number of hydrogen-bond donors (Lipinski definition) is 3. The molecule has 8 nitrogen and oxygen atoms in total. The van der Waals surface area contributed by atoms with Crippen LogP contribution in [0, 0.1) is 0 Å². The van der Waals surface area contributed by atoms with Crippen molar-refractivity contribution in [2.45, 2.75) is 6.92 Å². The molecule has 1 aliphatic heterocycles. The first-order chi connectivity index (χ1) is 12.7. The third-order valence-corrected chi connectivity index (χ3v) is 3.99. The van der Waals surface area contributed by atoms with Crippen molar-refractivity contribution in [2.75, 3.05) is 17.2 Å². The molecule has 0 atom stereocenters. The highest BCUT2D eigenvalue weighted by Crippen LogP contribution is 2.31. The number of pyridine rings is 1. The normalized spacial score (nSPS) is 14.3. The van der Waals surface area contributed by atoms with Crippen molar-refractivity contribution in [1.29, 1.82) is 0 Å². The fourth-order valence-electron chi connectivity index (χ4n) is 2.72. The summed E-state index contributed by atoms with van der Waals surface area (Å²) >= 11 is 0. The zero-order valence-corrected chi connectivity index (χ0v) is 13.9. The Hall–Kier alpha value is -3.68. The van der Waals surface area contributed by atoms with Crippen molar-refractivity contribution in [2.24, 2.45) is 0 Å². The minimum atomic E-state index is -0.473. The number of amides is 1. The van der Waals surface area contributed by atoms with Gasteiger partial charge in [-0.1, -0.05) is 0 Å². The lowest BCUT2D eigenvalue weighted by Gasteiger charge is -2.05. The third kappa shape index (κ3) is 2.77. The van der Waals surface area contributed by atoms with E-state index in [1.54, 1.807) is 25.4 Å². The topological polar surface area (TPSA) is 109 Å². The summed E-state index contributed by atoms with van der Waals surface area (Å²) in [6, 6.07) is 7.29. The molecule has 1 aliphatic rings. The fourth-order valence-corrected chi connectivity index (χ4v) is 2.72. The molecular weight excluding hydrogens is 334 g/mol. The van der Waals surface area contributed by atoms with E-state index in [1.165, 1.54) is 6.20 Å². The Balaban J connectivity index is 1.64. The van der Waals surface area contributed by atoms with Crippen LogP contribution in [0.4, 0.5) is 11.5 Å². The predicted molar refractivity (Wildman–Crippen MR) is 96.5 cm³/mol. The molecule has 1 aromatic carbocycles. The van der Waals surface area contributed by atoms with E-state index in [9.17, 15) is 9.59 Å². The van der Waals surface area contributed by atoms with E-state index in [0.29, 0.717) is 22.5 Å². The highest BCUT2D eigenvalue weighted by atomic mass is 16.5. The standard InChI is InChI=1S/C18H15N5O3/c1-2-26-18(25)11-5-13-14(17(24)22-16(13)20-7-11)9-19-12-4-3-10-8-21-23-15(10)6-12/h3-9,19H,2H2,1H3,(H,21,23)(H,20,22,24)/b14-9-. The monoisotopic (exact) mass is 349 g/mol. The lowest BCUT2D eigenvalue weighted by molar-refractivity contribution is -0.110. The van der Waals surface area contributed by atoms with E-state index in [4.69, 9.17) is 4.74 Å². The molecule has 0 unspecified atom stereocenters. The summed E-state index contributed by atoms with van der Waals surface area (Å²) in [4.78, 5) is 28.3. The van der Waals surface area contributed by atoms with Gasteiger partial charge in [0.2, 0.25) is 0 Å². The predicted octanol–water partition coefficient (Wildman–Crippen LogP) is 2.54. The van der Waals surface area contributed by atoms with Crippen molar-refractivity contribution in [3.05, 3.63) is 54.0 Å². The van der Waals surface area contributed by atoms with Crippen LogP contribution in [0.1, 0.15) is 22.8 Å². The van der Waals surface area contributed by atoms with Gasteiger partial charge in [-0.05, 0) is 31.2 Å². The van der Waals surface area contributed by atoms with Gasteiger partial charge < -0.3 is 15.4 Å². The number of benzene rings is 1. The van der Waals surface area contributed by atoms with Gasteiger partial charge in [0.15, 0.2) is 0 Å². The van der Waals surface area contributed by atoms with Gasteiger partial charge in [-0.25, -0.2) is 9.78 Å². The Bertz CT molecular complexity index is 1050. The van der Waals surface area contributed by atoms with Crippen LogP contribution in [0.3, 0.4) is 0 Å². The molecule has 8 heteroatoms. The van der Waals surface area contributed by atoms with Crippen LogP contribution in [0.25, 0.3) is 16.5 Å². The van der Waals surface area contributed by atoms with Crippen LogP contribution in [-0.2, 0) is 9.53 Å². The maximum atomic E-state index is 12.2. The molecular formula is C18H15N5O3. The molecule has 26 heavy (non-hydrogen) atoms. The first-order valence-electron chi connectivity index (χ1n) is 8.04. The van der Waals surface area contributed by atoms with Gasteiger partial charge in [0, 0.05) is 29.0 Å². The molecule has 0 bridgehead atoms. The molecule has 3 heterocycles. The second kappa shape index (κ2) is 6.32. The molecule has 0 saturated heterocycles. The number of nitrogens with one attached hydrogen (secondary N) is 3. The highest BCUT2D eigenvalue weighted by molar-refractivity contribution is 6.31. The number of anilines is 2. The number of hydrogen-bond acceptors (Lipinski definition) is 6. The smallest absolute Gasteiger partial charge is 0.339 e. The second-order valence-electron chi connectivity index (χ2n) is 5.67. The maximum Gasteiger partial charge on any atom is 0.339 e. The van der Waals surface area contributed by atoms with Crippen LogP contribution >= 0.6 is 0 Å². The Morgan fingerprint density at radius 1 is 1.31 bits per heavy atom. The summed E-state index contributed by atoms with van der Waals surface area (Å²) in [6.45, 7) is 2.00. The number of ether oxygens (including phenoxy) is 1. The number of carbonyl (C=O) groups excluding carboxylic acids is 2. The minimum absolute atomic E-state index is 0.271. The number of nitrogens with zero attached hydrogens (tertiary/aromatic N) is 2. The fraction of sp³-hybridized carbons (Fsp3) is 0.111. The molecule has 0 radical (unpaired) electrons. The number of esters is 1. The summed E-state index contributed by atoms with van der Waals surface area (Å²) in [5.74, 6) is -0.345. The third-order valence-electron chi connectivity index (χ3n) is 3.99. The summed E-state index contributed by atoms with van der Waals surface area (Å²) < 4.78 is 4.98. The van der Waals surface area contributed by atoms with Gasteiger partial charge in [-0.3, -0.25) is 9.89 Å². The number of rotatable bonds is 4. The molecule has 0 spiro atoms. The maximum absolute atomic E-state index is 12.2. The average Bonchev–Trinajstić information content (AvgIpc) is 3.22. The Labute approximate surface area is 148 Å². The van der Waals surface area contributed by atoms with Crippen LogP contribution < -0.4 is 10.6 Å². The molecule has 130 valence electrons. The lowest BCUT2D eigenvalue weighted by atomic mass is 10.1. The Morgan fingerprint density at radius 3 is 3.04 bits per heavy atom. The van der Waals surface area contributed by atoms with E-state index in [2.05, 4.69) is 25.8 Å². The first-order valence-corrected chi connectivity index (χ1v) is 8.04. The summed E-state index contributed by atoms with van der Waals surface area (Å²) in [5.41, 5.74) is 2.92. The largest absolute Gasteiger partial charge is 0.462 e. The lowest BCUT2D eigenvalue weighted by Crippen LogP contribution is -2.06. The van der Waals surface area contributed by atoms with Crippen LogP contribution in [0.15, 0.2) is 42.9 Å². The van der Waals surface area contributed by atoms with Gasteiger partial charge in [0.05, 0.1) is 29.5 Å². The quantitative estimate of drug-likeness (QED) is 0.493. The number of aromatic nitrogens is 3. The number of fused-ring (bicyclic) bond motifs is 2. The van der Waals surface area contributed by atoms with Crippen molar-refractivity contribution < 1.29 is 14.3 Å². The second-order valence-corrected chi connectivity index (χ2v) is 5.67. The van der Waals surface area contributed by atoms with Gasteiger partial charge in [-0.15, -0.1) is 0 Å². The SMILES string of the molecule is CCOC(=O)c1cnc2c(c1)/C(=C/Nc1ccc3cn[nH]c3c1)C(=O)N2. The summed E-state index contributed by atoms with van der Waals surface area (Å²) in [6.07, 6.45) is 4.72. The van der Waals surface area contributed by atoms with Crippen LogP contribution in [0.2, 0.25) is 0 Å². The van der Waals surface area contributed by atoms with Crippen molar-refractivity contribution >= 4 is 39.9 Å². The summed E-state index contributed by atoms with van der Waals surface area (Å²) in [7, 11) is 0. The van der Waals surface area contributed by atoms with E-state index < -0.39 is 5.97 Å². The number of H-pyrrole nitrogens is 1. The van der Waals surface area contributed by atoms with Crippen molar-refractivity contribution in [3.8, 4) is 0 Å². The van der Waals surface area contributed by atoms with E-state index in [-0.39, 0.29) is 12.5 Å². The van der Waals surface area contributed by atoms with Crippen molar-refractivity contribution in [3.63, 3.8) is 0 Å². The van der Waals surface area contributed by atoms with Gasteiger partial charge in [0.1, 0.15) is 5.82 Å². The Kier molecular flexibility index (Phi) is 3.85. The molecule has 1 amide bonds. The number of aromatic amines is 1. The first kappa shape index (κ1) is 15.8. The molecule has 4 rings (SSSR count). The van der Waals surface area contributed by atoms with Crippen LogP contribution in [-0.4, -0.2) is 33.7 Å². The number of carbonyl (C=O) groups is 2. The van der Waals surface area contributed by atoms with E-state index >= 15 is 0 Å². The van der Waals surface area contributed by atoms with Crippen LogP contribution in [0.5, 0.6) is 0 Å². The zero-order chi connectivity index (χ0) is 18.1. The van der Waals surface area contributed by atoms with Crippen molar-refractivity contribution in [1.82, 2.24) is 15.2 Å². The zero-order valence-electron chi connectivity index (χ0n) is 13.9. The molecule has 0 saturated carbocycles. The molecule has 3 N–H and O–H groups in total. The Morgan fingerprint density at radius 2 is 2.19 bits per heavy atom. The summed E-state index contributed by atoms with van der Waals surface area (Å²) in [5, 5.41) is 13.6. The van der Waals surface area contributed by atoms with Gasteiger partial charge >= 0.3 is 5.97 Å². The average molecular weight is 349 g/mol. The molecule has 2 aromatic heterocycles. The molecule has 0 fully saturated rings. The highest BCUT2D eigenvalue weighted by Gasteiger charge is 2.26.